The molecule has 4 heterocycles. The normalized spacial score (nSPS) is 19.5. The molecule has 1 amide bonds. The van der Waals surface area contributed by atoms with Crippen LogP contribution in [0.5, 0.6) is 0 Å². The third-order valence-corrected chi connectivity index (χ3v) is 6.23. The van der Waals surface area contributed by atoms with Crippen LogP contribution in [0.4, 0.5) is 0 Å². The van der Waals surface area contributed by atoms with Gasteiger partial charge in [-0.05, 0) is 31.2 Å². The molecule has 3 aromatic heterocycles. The minimum absolute atomic E-state index is 0.0389. The van der Waals surface area contributed by atoms with E-state index in [1.807, 2.05) is 29.3 Å². The summed E-state index contributed by atoms with van der Waals surface area (Å²) in [5, 5.41) is 2.15. The lowest BCUT2D eigenvalue weighted by Crippen LogP contribution is -2.46. The summed E-state index contributed by atoms with van der Waals surface area (Å²) in [6.07, 6.45) is 6.99. The molecule has 1 fully saturated rings. The number of hydrogen-bond acceptors (Lipinski definition) is 5. The molecule has 2 aliphatic rings. The fourth-order valence-corrected chi connectivity index (χ4v) is 4.52. The molecule has 4 aromatic rings. The third kappa shape index (κ3) is 2.36. The van der Waals surface area contributed by atoms with Crippen LogP contribution in [0.25, 0.3) is 10.8 Å². The molecule has 0 saturated heterocycles. The number of H-pyrrole nitrogens is 1. The van der Waals surface area contributed by atoms with Gasteiger partial charge in [0, 0.05) is 29.2 Å². The fourth-order valence-electron chi connectivity index (χ4n) is 4.52. The number of aryl methyl sites for hydroxylation is 1. The summed E-state index contributed by atoms with van der Waals surface area (Å²) >= 11 is 0. The zero-order valence-corrected chi connectivity index (χ0v) is 15.9. The number of oxazole rings is 1. The number of nitrogens with one attached hydrogen (secondary N) is 1. The summed E-state index contributed by atoms with van der Waals surface area (Å²) < 4.78 is 5.44. The Hall–Kier alpha value is -3.48. The molecule has 6 rings (SSSR count). The Morgan fingerprint density at radius 2 is 2.03 bits per heavy atom. The molecular formula is C22H19N5O2. The lowest BCUT2D eigenvalue weighted by atomic mass is 9.88. The van der Waals surface area contributed by atoms with Gasteiger partial charge in [-0.1, -0.05) is 24.3 Å². The van der Waals surface area contributed by atoms with Gasteiger partial charge in [-0.25, -0.2) is 9.97 Å². The summed E-state index contributed by atoms with van der Waals surface area (Å²) in [4.78, 5) is 32.2. The van der Waals surface area contributed by atoms with Crippen molar-refractivity contribution in [3.05, 3.63) is 77.8 Å². The minimum Gasteiger partial charge on any atom is -0.438 e. The van der Waals surface area contributed by atoms with Gasteiger partial charge >= 0.3 is 0 Å². The highest BCUT2D eigenvalue weighted by Crippen LogP contribution is 2.54. The molecule has 1 saturated carbocycles. The number of benzene rings is 1. The van der Waals surface area contributed by atoms with E-state index in [0.29, 0.717) is 12.2 Å². The predicted molar refractivity (Wildman–Crippen MR) is 105 cm³/mol. The third-order valence-electron chi connectivity index (χ3n) is 6.23. The second kappa shape index (κ2) is 5.76. The van der Waals surface area contributed by atoms with E-state index in [1.165, 1.54) is 6.39 Å². The molecule has 7 nitrogen and oxygen atoms in total. The van der Waals surface area contributed by atoms with Crippen molar-refractivity contribution in [2.45, 2.75) is 31.2 Å². The van der Waals surface area contributed by atoms with Crippen LogP contribution in [0.3, 0.4) is 0 Å². The average Bonchev–Trinajstić information content (AvgIpc) is 3.13. The molecule has 29 heavy (non-hydrogen) atoms. The highest BCUT2D eigenvalue weighted by Gasteiger charge is 2.55. The number of amides is 1. The zero-order chi connectivity index (χ0) is 19.6. The first kappa shape index (κ1) is 16.5. The van der Waals surface area contributed by atoms with E-state index in [9.17, 15) is 4.79 Å². The number of carbonyl (C=O) groups is 1. The smallest absolute Gasteiger partial charge is 0.292 e. The lowest BCUT2D eigenvalue weighted by molar-refractivity contribution is 0.0621. The largest absolute Gasteiger partial charge is 0.438 e. The number of rotatable bonds is 2. The maximum Gasteiger partial charge on any atom is 0.292 e. The first-order chi connectivity index (χ1) is 14.2. The maximum atomic E-state index is 13.5. The second-order valence-electron chi connectivity index (χ2n) is 8.00. The Balaban J connectivity index is 1.53. The number of aromatic amines is 1. The van der Waals surface area contributed by atoms with E-state index in [-0.39, 0.29) is 23.1 Å². The standard InChI is InChI=1S/C22H19N5O2/c1-13-19(29-12-26-13)21(28)27-10-22(6-7-22)20-17(24-11-25-20)18(27)16-8-14-4-2-3-5-15(14)9-23-16/h2-5,8-9,11-12,18H,6-7,10H2,1H3,(H,24,25)/t18-/m0/s1. The molecule has 0 bridgehead atoms. The number of fused-ring (bicyclic) bond motifs is 3. The number of nitrogens with zero attached hydrogens (tertiary/aromatic N) is 4. The van der Waals surface area contributed by atoms with Crippen molar-refractivity contribution >= 4 is 16.7 Å². The molecule has 0 unspecified atom stereocenters. The van der Waals surface area contributed by atoms with E-state index in [1.54, 1.807) is 13.3 Å². The van der Waals surface area contributed by atoms with Crippen LogP contribution in [0.1, 0.15) is 52.2 Å². The topological polar surface area (TPSA) is 87.9 Å². The van der Waals surface area contributed by atoms with E-state index in [0.717, 1.165) is 40.7 Å². The molecule has 144 valence electrons. The molecule has 1 atom stereocenters. The van der Waals surface area contributed by atoms with Crippen molar-refractivity contribution in [3.63, 3.8) is 0 Å². The lowest BCUT2D eigenvalue weighted by Gasteiger charge is -2.38. The van der Waals surface area contributed by atoms with Gasteiger partial charge in [0.25, 0.3) is 5.91 Å². The molecule has 1 aromatic carbocycles. The van der Waals surface area contributed by atoms with Crippen molar-refractivity contribution in [1.82, 2.24) is 24.8 Å². The van der Waals surface area contributed by atoms with E-state index in [4.69, 9.17) is 9.40 Å². The molecule has 0 radical (unpaired) electrons. The summed E-state index contributed by atoms with van der Waals surface area (Å²) in [6, 6.07) is 9.78. The highest BCUT2D eigenvalue weighted by molar-refractivity contribution is 5.93. The first-order valence-electron chi connectivity index (χ1n) is 9.76. The van der Waals surface area contributed by atoms with Gasteiger partial charge in [-0.3, -0.25) is 9.78 Å². The Labute approximate surface area is 166 Å². The van der Waals surface area contributed by atoms with Crippen LogP contribution in [-0.2, 0) is 5.41 Å². The number of imidazole rings is 1. The van der Waals surface area contributed by atoms with E-state index >= 15 is 0 Å². The van der Waals surface area contributed by atoms with Gasteiger partial charge in [0.1, 0.15) is 6.04 Å². The Kier molecular flexibility index (Phi) is 3.27. The van der Waals surface area contributed by atoms with Crippen LogP contribution in [0.15, 0.2) is 53.7 Å². The zero-order valence-electron chi connectivity index (χ0n) is 15.9. The second-order valence-corrected chi connectivity index (χ2v) is 8.00. The predicted octanol–water partition coefficient (Wildman–Crippen LogP) is 3.53. The van der Waals surface area contributed by atoms with E-state index in [2.05, 4.69) is 27.1 Å². The first-order valence-corrected chi connectivity index (χ1v) is 9.76. The minimum atomic E-state index is -0.371. The number of hydrogen-bond donors (Lipinski definition) is 1. The molecular weight excluding hydrogens is 366 g/mol. The number of pyridine rings is 1. The Morgan fingerprint density at radius 3 is 2.79 bits per heavy atom. The van der Waals surface area contributed by atoms with Crippen molar-refractivity contribution in [2.75, 3.05) is 6.54 Å². The quantitative estimate of drug-likeness (QED) is 0.570. The fraction of sp³-hybridized carbons (Fsp3) is 0.273. The van der Waals surface area contributed by atoms with Crippen LogP contribution < -0.4 is 0 Å². The highest BCUT2D eigenvalue weighted by atomic mass is 16.3. The van der Waals surface area contributed by atoms with Crippen molar-refractivity contribution in [3.8, 4) is 0 Å². The summed E-state index contributed by atoms with van der Waals surface area (Å²) in [6.45, 7) is 2.40. The Morgan fingerprint density at radius 1 is 1.21 bits per heavy atom. The summed E-state index contributed by atoms with van der Waals surface area (Å²) in [7, 11) is 0. The van der Waals surface area contributed by atoms with Gasteiger partial charge in [0.05, 0.1) is 23.4 Å². The van der Waals surface area contributed by atoms with Crippen molar-refractivity contribution in [2.24, 2.45) is 0 Å². The van der Waals surface area contributed by atoms with Crippen LogP contribution in [-0.4, -0.2) is 37.3 Å². The summed E-state index contributed by atoms with van der Waals surface area (Å²) in [5.74, 6) is 0.116. The van der Waals surface area contributed by atoms with Crippen molar-refractivity contribution in [1.29, 1.82) is 0 Å². The van der Waals surface area contributed by atoms with E-state index < -0.39 is 0 Å². The van der Waals surface area contributed by atoms with Crippen LogP contribution in [0, 0.1) is 6.92 Å². The Bertz CT molecular complexity index is 1250. The molecule has 7 heteroatoms. The summed E-state index contributed by atoms with van der Waals surface area (Å²) in [5.41, 5.74) is 3.37. The molecule has 1 aliphatic carbocycles. The molecule has 1 aliphatic heterocycles. The van der Waals surface area contributed by atoms with Crippen molar-refractivity contribution < 1.29 is 9.21 Å². The van der Waals surface area contributed by atoms with Gasteiger partial charge in [0.15, 0.2) is 6.39 Å². The monoisotopic (exact) mass is 385 g/mol. The number of carbonyl (C=O) groups excluding carboxylic acids is 1. The SMILES string of the molecule is Cc1ncoc1C(=O)N1CC2(CC2)c2[nH]cnc2[C@@H]1c1cc2ccccc2cn1. The number of aromatic nitrogens is 4. The average molecular weight is 385 g/mol. The van der Waals surface area contributed by atoms with Gasteiger partial charge < -0.3 is 14.3 Å². The maximum absolute atomic E-state index is 13.5. The van der Waals surface area contributed by atoms with Crippen LogP contribution in [0.2, 0.25) is 0 Å². The van der Waals surface area contributed by atoms with Gasteiger partial charge in [0.2, 0.25) is 5.76 Å². The molecule has 1 spiro atoms. The van der Waals surface area contributed by atoms with Gasteiger partial charge in [-0.2, -0.15) is 0 Å². The molecule has 1 N–H and O–H groups in total. The van der Waals surface area contributed by atoms with Gasteiger partial charge in [-0.15, -0.1) is 0 Å². The van der Waals surface area contributed by atoms with Crippen LogP contribution >= 0.6 is 0 Å².